The lowest BCUT2D eigenvalue weighted by Gasteiger charge is -2.46. The Kier molecular flexibility index (Phi) is 6.05. The number of esters is 1. The third-order valence-electron chi connectivity index (χ3n) is 6.32. The highest BCUT2D eigenvalue weighted by atomic mass is 19.4. The number of piperidine rings is 1. The SMILES string of the molecule is CC(=O)C(=O)OC1(c2ccc(C(F)(F)F)c3ccoc23)CCN(Cc2ccccc2)CC1C. The van der Waals surface area contributed by atoms with Crippen LogP contribution in [0.4, 0.5) is 13.2 Å². The number of furan rings is 1. The fourth-order valence-electron chi connectivity index (χ4n) is 4.67. The molecule has 2 atom stereocenters. The number of ketones is 1. The number of hydrogen-bond acceptors (Lipinski definition) is 5. The highest BCUT2D eigenvalue weighted by Gasteiger charge is 2.48. The minimum atomic E-state index is -4.56. The van der Waals surface area contributed by atoms with Gasteiger partial charge in [0.15, 0.2) is 0 Å². The fourth-order valence-corrected chi connectivity index (χ4v) is 4.67. The van der Waals surface area contributed by atoms with E-state index in [4.69, 9.17) is 9.15 Å². The van der Waals surface area contributed by atoms with E-state index in [1.807, 2.05) is 37.3 Å². The second kappa shape index (κ2) is 8.67. The number of halogens is 3. The Bertz CT molecular complexity index is 1170. The highest BCUT2D eigenvalue weighted by molar-refractivity contribution is 6.32. The maximum absolute atomic E-state index is 13.5. The van der Waals surface area contributed by atoms with Crippen LogP contribution >= 0.6 is 0 Å². The quantitative estimate of drug-likeness (QED) is 0.382. The van der Waals surface area contributed by atoms with Gasteiger partial charge < -0.3 is 9.15 Å². The van der Waals surface area contributed by atoms with Gasteiger partial charge in [0.25, 0.3) is 0 Å². The van der Waals surface area contributed by atoms with Crippen molar-refractivity contribution in [2.45, 2.75) is 38.6 Å². The summed E-state index contributed by atoms with van der Waals surface area (Å²) < 4.78 is 51.9. The van der Waals surface area contributed by atoms with E-state index in [2.05, 4.69) is 4.90 Å². The molecule has 1 aliphatic rings. The number of carbonyl (C=O) groups is 2. The van der Waals surface area contributed by atoms with Gasteiger partial charge in [0.1, 0.15) is 11.2 Å². The van der Waals surface area contributed by atoms with E-state index < -0.39 is 29.1 Å². The second-order valence-corrected chi connectivity index (χ2v) is 8.53. The summed E-state index contributed by atoms with van der Waals surface area (Å²) in [5, 5.41) is -0.0998. The number of carbonyl (C=O) groups excluding carboxylic acids is 2. The Hall–Kier alpha value is -3.13. The van der Waals surface area contributed by atoms with Gasteiger partial charge in [0, 0.05) is 49.8 Å². The summed E-state index contributed by atoms with van der Waals surface area (Å²) in [7, 11) is 0. The van der Waals surface area contributed by atoms with Crippen LogP contribution < -0.4 is 0 Å². The molecule has 5 nitrogen and oxygen atoms in total. The maximum atomic E-state index is 13.5. The zero-order chi connectivity index (χ0) is 23.8. The molecule has 2 heterocycles. The van der Waals surface area contributed by atoms with E-state index in [0.717, 1.165) is 18.6 Å². The number of likely N-dealkylation sites (tertiary alicyclic amines) is 1. The summed E-state index contributed by atoms with van der Waals surface area (Å²) in [4.78, 5) is 26.4. The van der Waals surface area contributed by atoms with Crippen molar-refractivity contribution in [3.8, 4) is 0 Å². The normalized spacial score (nSPS) is 21.8. The predicted octanol–water partition coefficient (Wildman–Crippen LogP) is 5.32. The maximum Gasteiger partial charge on any atom is 0.417 e. The zero-order valence-electron chi connectivity index (χ0n) is 18.3. The van der Waals surface area contributed by atoms with Gasteiger partial charge in [0.2, 0.25) is 5.78 Å². The van der Waals surface area contributed by atoms with Gasteiger partial charge >= 0.3 is 12.1 Å². The Morgan fingerprint density at radius 2 is 1.88 bits per heavy atom. The Labute approximate surface area is 189 Å². The molecule has 1 aliphatic heterocycles. The summed E-state index contributed by atoms with van der Waals surface area (Å²) in [5.41, 5.74) is -0.629. The molecule has 33 heavy (non-hydrogen) atoms. The number of benzene rings is 2. The van der Waals surface area contributed by atoms with Crippen molar-refractivity contribution >= 4 is 22.7 Å². The molecule has 0 amide bonds. The van der Waals surface area contributed by atoms with Gasteiger partial charge in [-0.25, -0.2) is 4.79 Å². The largest absolute Gasteiger partial charge is 0.464 e. The fraction of sp³-hybridized carbons (Fsp3) is 0.360. The lowest BCUT2D eigenvalue weighted by atomic mass is 9.75. The van der Waals surface area contributed by atoms with Crippen LogP contribution in [-0.4, -0.2) is 29.7 Å². The van der Waals surface area contributed by atoms with E-state index in [9.17, 15) is 22.8 Å². The van der Waals surface area contributed by atoms with Crippen LogP contribution in [0.2, 0.25) is 0 Å². The molecule has 174 valence electrons. The molecule has 0 radical (unpaired) electrons. The average molecular weight is 459 g/mol. The summed E-state index contributed by atoms with van der Waals surface area (Å²) in [5.74, 6) is -2.10. The van der Waals surface area contributed by atoms with E-state index in [0.29, 0.717) is 31.6 Å². The molecule has 3 aromatic rings. The number of ether oxygens (including phenoxy) is 1. The van der Waals surface area contributed by atoms with Crippen molar-refractivity contribution in [1.82, 2.24) is 4.90 Å². The van der Waals surface area contributed by atoms with Gasteiger partial charge in [0.05, 0.1) is 11.8 Å². The summed E-state index contributed by atoms with van der Waals surface area (Å²) in [6, 6.07) is 13.4. The van der Waals surface area contributed by atoms with E-state index in [1.54, 1.807) is 0 Å². The number of Topliss-reactive ketones (excluding diaryl/α,β-unsaturated/α-hetero) is 1. The molecule has 0 saturated carbocycles. The predicted molar refractivity (Wildman–Crippen MR) is 115 cm³/mol. The lowest BCUT2D eigenvalue weighted by Crippen LogP contribution is -2.51. The molecule has 0 N–H and O–H groups in total. The topological polar surface area (TPSA) is 59.8 Å². The first-order chi connectivity index (χ1) is 15.6. The standard InChI is InChI=1S/C25H24F3NO4/c1-16-14-29(15-18-6-4-3-5-7-18)12-11-24(16,33-23(31)17(2)30)21-9-8-20(25(26,27)28)19-10-13-32-22(19)21/h3-10,13,16H,11-12,14-15H2,1-2H3. The van der Waals surface area contributed by atoms with Crippen molar-refractivity contribution in [3.05, 3.63) is 71.5 Å². The Balaban J connectivity index is 1.74. The third-order valence-corrected chi connectivity index (χ3v) is 6.32. The lowest BCUT2D eigenvalue weighted by molar-refractivity contribution is -0.178. The van der Waals surface area contributed by atoms with Crippen LogP contribution in [0.1, 0.15) is 37.0 Å². The smallest absolute Gasteiger partial charge is 0.417 e. The molecule has 8 heteroatoms. The third kappa shape index (κ3) is 4.39. The number of hydrogen-bond donors (Lipinski definition) is 0. The van der Waals surface area contributed by atoms with Crippen LogP contribution in [0, 0.1) is 5.92 Å². The van der Waals surface area contributed by atoms with Crippen LogP contribution in [0.25, 0.3) is 11.0 Å². The molecular weight excluding hydrogens is 435 g/mol. The van der Waals surface area contributed by atoms with Crippen molar-refractivity contribution in [1.29, 1.82) is 0 Å². The van der Waals surface area contributed by atoms with Crippen molar-refractivity contribution in [2.24, 2.45) is 5.92 Å². The van der Waals surface area contributed by atoms with Crippen molar-refractivity contribution in [3.63, 3.8) is 0 Å². The molecule has 2 aromatic carbocycles. The molecule has 0 bridgehead atoms. The molecule has 0 aliphatic carbocycles. The molecule has 2 unspecified atom stereocenters. The van der Waals surface area contributed by atoms with E-state index in [-0.39, 0.29) is 16.9 Å². The zero-order valence-corrected chi connectivity index (χ0v) is 18.3. The summed E-state index contributed by atoms with van der Waals surface area (Å²) in [6.07, 6.45) is -3.06. The van der Waals surface area contributed by atoms with E-state index >= 15 is 0 Å². The number of nitrogens with zero attached hydrogens (tertiary/aromatic N) is 1. The average Bonchev–Trinajstić information content (AvgIpc) is 3.24. The molecular formula is C25H24F3NO4. The van der Waals surface area contributed by atoms with Gasteiger partial charge in [-0.05, 0) is 17.7 Å². The Morgan fingerprint density at radius 3 is 2.52 bits per heavy atom. The molecule has 4 rings (SSSR count). The molecule has 0 spiro atoms. The minimum Gasteiger partial charge on any atom is -0.464 e. The number of rotatable bonds is 5. The first-order valence-electron chi connectivity index (χ1n) is 10.7. The van der Waals surface area contributed by atoms with Crippen LogP contribution in [0.5, 0.6) is 0 Å². The first kappa shape index (κ1) is 23.0. The van der Waals surface area contributed by atoms with Gasteiger partial charge in [-0.3, -0.25) is 9.69 Å². The number of fused-ring (bicyclic) bond motifs is 1. The van der Waals surface area contributed by atoms with Crippen LogP contribution in [0.15, 0.2) is 59.2 Å². The van der Waals surface area contributed by atoms with Crippen LogP contribution in [0.3, 0.4) is 0 Å². The Morgan fingerprint density at radius 1 is 1.15 bits per heavy atom. The molecule has 1 saturated heterocycles. The van der Waals surface area contributed by atoms with Crippen molar-refractivity contribution < 1.29 is 31.9 Å². The van der Waals surface area contributed by atoms with E-state index in [1.165, 1.54) is 18.4 Å². The molecule has 1 aromatic heterocycles. The summed E-state index contributed by atoms with van der Waals surface area (Å²) in [6.45, 7) is 4.71. The highest BCUT2D eigenvalue weighted by Crippen LogP contribution is 2.46. The second-order valence-electron chi connectivity index (χ2n) is 8.53. The van der Waals surface area contributed by atoms with Crippen LogP contribution in [-0.2, 0) is 32.6 Å². The number of alkyl halides is 3. The van der Waals surface area contributed by atoms with Gasteiger partial charge in [-0.15, -0.1) is 0 Å². The van der Waals surface area contributed by atoms with Gasteiger partial charge in [-0.2, -0.15) is 13.2 Å². The minimum absolute atomic E-state index is 0.0181. The van der Waals surface area contributed by atoms with Crippen molar-refractivity contribution in [2.75, 3.05) is 13.1 Å². The molecule has 1 fully saturated rings. The summed E-state index contributed by atoms with van der Waals surface area (Å²) >= 11 is 0. The van der Waals surface area contributed by atoms with Gasteiger partial charge in [-0.1, -0.05) is 43.3 Å². The monoisotopic (exact) mass is 459 g/mol. The first-order valence-corrected chi connectivity index (χ1v) is 10.7.